The highest BCUT2D eigenvalue weighted by atomic mass is 16.5. The van der Waals surface area contributed by atoms with Crippen LogP contribution in [0.3, 0.4) is 0 Å². The van der Waals surface area contributed by atoms with Crippen LogP contribution in [0.15, 0.2) is 53.3 Å². The fourth-order valence-electron chi connectivity index (χ4n) is 6.45. The lowest BCUT2D eigenvalue weighted by Gasteiger charge is -2.37. The molecule has 46 heavy (non-hydrogen) atoms. The van der Waals surface area contributed by atoms with Gasteiger partial charge in [0.05, 0.1) is 45.9 Å². The van der Waals surface area contributed by atoms with E-state index in [0.29, 0.717) is 61.8 Å². The molecule has 1 saturated heterocycles. The number of nitrogens with one attached hydrogen (secondary N) is 2. The molecule has 0 radical (unpaired) electrons. The van der Waals surface area contributed by atoms with Crippen LogP contribution in [0.4, 0.5) is 11.4 Å². The highest BCUT2D eigenvalue weighted by molar-refractivity contribution is 5.86. The molecule has 1 heterocycles. The predicted molar refractivity (Wildman–Crippen MR) is 178 cm³/mol. The first kappa shape index (κ1) is 32.5. The van der Waals surface area contributed by atoms with Crippen molar-refractivity contribution in [1.29, 1.82) is 0 Å². The predicted octanol–water partition coefficient (Wildman–Crippen LogP) is 4.02. The molecule has 0 aromatic heterocycles. The van der Waals surface area contributed by atoms with Crippen molar-refractivity contribution in [1.82, 2.24) is 10.2 Å². The van der Waals surface area contributed by atoms with Crippen molar-refractivity contribution >= 4 is 23.2 Å². The molecule has 0 bridgehead atoms. The number of carbonyl (C=O) groups is 2. The Hall–Kier alpha value is -4.93. The van der Waals surface area contributed by atoms with Gasteiger partial charge in [-0.05, 0) is 66.8 Å². The van der Waals surface area contributed by atoms with Gasteiger partial charge in [-0.15, -0.1) is 0 Å². The molecule has 2 aliphatic rings. The number of piperazine rings is 1. The summed E-state index contributed by atoms with van der Waals surface area (Å²) >= 11 is 0. The van der Waals surface area contributed by atoms with Gasteiger partial charge in [-0.25, -0.2) is 0 Å². The summed E-state index contributed by atoms with van der Waals surface area (Å²) in [5, 5.41) is 6.19. The average molecular weight is 631 g/mol. The maximum atomic E-state index is 13.7. The number of benzene rings is 2. The second-order valence-electron chi connectivity index (χ2n) is 11.4. The summed E-state index contributed by atoms with van der Waals surface area (Å²) in [6, 6.07) is 13.8. The number of rotatable bonds is 9. The van der Waals surface area contributed by atoms with Crippen molar-refractivity contribution in [3.63, 3.8) is 0 Å². The van der Waals surface area contributed by atoms with Gasteiger partial charge in [0.25, 0.3) is 0 Å². The van der Waals surface area contributed by atoms with Crippen molar-refractivity contribution in [3.05, 3.63) is 69.9 Å². The number of carbonyl (C=O) groups excluding carboxylic acids is 2. The van der Waals surface area contributed by atoms with E-state index in [1.54, 1.807) is 47.5 Å². The summed E-state index contributed by atoms with van der Waals surface area (Å²) in [5.74, 6) is 1.95. The third kappa shape index (κ3) is 6.40. The molecule has 1 fully saturated rings. The van der Waals surface area contributed by atoms with Gasteiger partial charge in [0.2, 0.25) is 23.0 Å². The molecule has 244 valence electrons. The quantitative estimate of drug-likeness (QED) is 0.362. The van der Waals surface area contributed by atoms with Gasteiger partial charge in [0, 0.05) is 38.7 Å². The Labute approximate surface area is 269 Å². The molecule has 0 spiro atoms. The largest absolute Gasteiger partial charge is 0.495 e. The summed E-state index contributed by atoms with van der Waals surface area (Å²) in [4.78, 5) is 43.5. The molecule has 1 aliphatic heterocycles. The number of ether oxygens (including phenoxy) is 4. The van der Waals surface area contributed by atoms with Crippen molar-refractivity contribution < 1.29 is 28.5 Å². The van der Waals surface area contributed by atoms with Crippen LogP contribution in [0.1, 0.15) is 37.4 Å². The Morgan fingerprint density at radius 2 is 1.57 bits per heavy atom. The van der Waals surface area contributed by atoms with Crippen LogP contribution < -0.4 is 39.9 Å². The first-order chi connectivity index (χ1) is 22.2. The van der Waals surface area contributed by atoms with Gasteiger partial charge in [0.15, 0.2) is 11.5 Å². The van der Waals surface area contributed by atoms with Crippen molar-refractivity contribution in [2.45, 2.75) is 38.8 Å². The van der Waals surface area contributed by atoms with Crippen molar-refractivity contribution in [2.75, 3.05) is 64.8 Å². The summed E-state index contributed by atoms with van der Waals surface area (Å²) in [6.07, 6.45) is 1.16. The molecule has 11 heteroatoms. The fraction of sp³-hybridized carbons (Fsp3) is 0.400. The molecule has 3 aromatic rings. The summed E-state index contributed by atoms with van der Waals surface area (Å²) < 4.78 is 22.7. The average Bonchev–Trinajstić information content (AvgIpc) is 3.31. The molecule has 1 aliphatic carbocycles. The zero-order chi connectivity index (χ0) is 33.0. The van der Waals surface area contributed by atoms with Gasteiger partial charge in [-0.2, -0.15) is 0 Å². The third-order valence-electron chi connectivity index (χ3n) is 8.68. The lowest BCUT2D eigenvalue weighted by atomic mass is 9.95. The monoisotopic (exact) mass is 630 g/mol. The molecule has 5 rings (SSSR count). The van der Waals surface area contributed by atoms with E-state index in [9.17, 15) is 14.4 Å². The molecule has 2 amide bonds. The molecule has 0 saturated carbocycles. The number of aryl methyl sites for hydroxylation is 1. The van der Waals surface area contributed by atoms with Crippen LogP contribution >= 0.6 is 0 Å². The molecule has 11 nitrogen and oxygen atoms in total. The normalized spacial score (nSPS) is 16.3. The maximum Gasteiger partial charge on any atom is 0.244 e. The minimum absolute atomic E-state index is 0.0906. The van der Waals surface area contributed by atoms with Crippen LogP contribution in [0.2, 0.25) is 0 Å². The van der Waals surface area contributed by atoms with E-state index in [1.807, 2.05) is 41.3 Å². The van der Waals surface area contributed by atoms with Crippen molar-refractivity contribution in [2.24, 2.45) is 0 Å². The Morgan fingerprint density at radius 3 is 2.22 bits per heavy atom. The Bertz CT molecular complexity index is 1670. The number of hydrogen-bond acceptors (Lipinski definition) is 9. The molecule has 3 aromatic carbocycles. The van der Waals surface area contributed by atoms with E-state index in [2.05, 4.69) is 15.5 Å². The SMILES string of the molecule is COc1ccccc1N1CCN(C(=O)[C@@H](C)Nc2ccc3c(cc2=O)[C@H](NC(C)=O)CCc2cc(OC)c(OC)c(OC)c2-3)CC1. The van der Waals surface area contributed by atoms with Crippen LogP contribution in [-0.2, 0) is 16.0 Å². The Balaban J connectivity index is 1.44. The number of methoxy groups -OCH3 is 4. The Kier molecular flexibility index (Phi) is 9.89. The van der Waals surface area contributed by atoms with E-state index < -0.39 is 12.1 Å². The summed E-state index contributed by atoms with van der Waals surface area (Å²) in [6.45, 7) is 5.65. The van der Waals surface area contributed by atoms with Gasteiger partial charge < -0.3 is 39.4 Å². The van der Waals surface area contributed by atoms with Crippen LogP contribution in [0.5, 0.6) is 23.0 Å². The molecule has 2 N–H and O–H groups in total. The second kappa shape index (κ2) is 14.0. The van der Waals surface area contributed by atoms with Gasteiger partial charge in [-0.3, -0.25) is 14.4 Å². The van der Waals surface area contributed by atoms with E-state index in [4.69, 9.17) is 18.9 Å². The van der Waals surface area contributed by atoms with E-state index in [0.717, 1.165) is 28.1 Å². The fourth-order valence-corrected chi connectivity index (χ4v) is 6.45. The number of amides is 2. The molecular weight excluding hydrogens is 588 g/mol. The number of anilines is 2. The van der Waals surface area contributed by atoms with Gasteiger partial charge >= 0.3 is 0 Å². The topological polar surface area (TPSA) is 119 Å². The minimum Gasteiger partial charge on any atom is -0.495 e. The molecular formula is C35H42N4O7. The highest BCUT2D eigenvalue weighted by Crippen LogP contribution is 2.50. The Morgan fingerprint density at radius 1 is 0.870 bits per heavy atom. The van der Waals surface area contributed by atoms with Crippen LogP contribution in [0, 0.1) is 0 Å². The standard InChI is InChI=1S/C35H42N4O7/c1-21(35(42)39-17-15-38(16-18-39)28-9-7-8-10-30(28)43-3)36-27-14-12-24-25(20-29(27)41)26(37-22(2)40)13-11-23-19-31(44-4)33(45-5)34(46-6)32(23)24/h7-10,12,14,19-21,26H,11,13,15-18H2,1-6H3,(H,36,41)(H,37,40)/t21-,26-/m1/s1. The lowest BCUT2D eigenvalue weighted by Crippen LogP contribution is -2.52. The number of para-hydroxylation sites is 2. The summed E-state index contributed by atoms with van der Waals surface area (Å²) in [7, 11) is 6.33. The van der Waals surface area contributed by atoms with Crippen LogP contribution in [-0.4, -0.2) is 77.4 Å². The second-order valence-corrected chi connectivity index (χ2v) is 11.4. The van der Waals surface area contributed by atoms with E-state index >= 15 is 0 Å². The number of hydrogen-bond donors (Lipinski definition) is 2. The maximum absolute atomic E-state index is 13.7. The highest BCUT2D eigenvalue weighted by Gasteiger charge is 2.30. The zero-order valence-electron chi connectivity index (χ0n) is 27.3. The first-order valence-electron chi connectivity index (χ1n) is 15.4. The molecule has 2 atom stereocenters. The molecule has 0 unspecified atom stereocenters. The lowest BCUT2D eigenvalue weighted by molar-refractivity contribution is -0.132. The van der Waals surface area contributed by atoms with E-state index in [-0.39, 0.29) is 22.9 Å². The number of nitrogens with zero attached hydrogens (tertiary/aromatic N) is 2. The van der Waals surface area contributed by atoms with Crippen LogP contribution in [0.25, 0.3) is 11.1 Å². The zero-order valence-corrected chi connectivity index (χ0v) is 27.3. The smallest absolute Gasteiger partial charge is 0.244 e. The minimum atomic E-state index is -0.648. The first-order valence-corrected chi connectivity index (χ1v) is 15.4. The van der Waals surface area contributed by atoms with Gasteiger partial charge in [0.1, 0.15) is 11.8 Å². The van der Waals surface area contributed by atoms with Gasteiger partial charge in [-0.1, -0.05) is 18.2 Å². The summed E-state index contributed by atoms with van der Waals surface area (Å²) in [5.41, 5.74) is 4.07. The van der Waals surface area contributed by atoms with Crippen molar-refractivity contribution in [3.8, 4) is 34.1 Å². The number of fused-ring (bicyclic) bond motifs is 3. The third-order valence-corrected chi connectivity index (χ3v) is 8.68. The van der Waals surface area contributed by atoms with E-state index in [1.165, 1.54) is 6.92 Å².